The molecule has 0 spiro atoms. The number of benzene rings is 1. The van der Waals surface area contributed by atoms with Crippen molar-refractivity contribution in [1.82, 2.24) is 20.9 Å². The molecule has 3 rings (SSSR count). The number of ether oxygens (including phenoxy) is 1. The smallest absolute Gasteiger partial charge is 0.269 e. The number of aromatic nitrogens is 1. The van der Waals surface area contributed by atoms with E-state index in [0.29, 0.717) is 18.7 Å². The summed E-state index contributed by atoms with van der Waals surface area (Å²) in [4.78, 5) is 16.6. The minimum Gasteiger partial charge on any atom is -0.363 e. The van der Waals surface area contributed by atoms with Crippen LogP contribution in [0.5, 0.6) is 0 Å². The van der Waals surface area contributed by atoms with E-state index in [1.165, 1.54) is 5.56 Å². The average molecular weight is 383 g/mol. The lowest BCUT2D eigenvalue weighted by Gasteiger charge is -2.24. The van der Waals surface area contributed by atoms with Gasteiger partial charge in [0.2, 0.25) is 0 Å². The lowest BCUT2D eigenvalue weighted by atomic mass is 10.1. The molecule has 1 amide bonds. The van der Waals surface area contributed by atoms with Crippen LogP contribution in [0.1, 0.15) is 46.6 Å². The van der Waals surface area contributed by atoms with Gasteiger partial charge in [-0.15, -0.1) is 0 Å². The first-order valence-corrected chi connectivity index (χ1v) is 10.1. The van der Waals surface area contributed by atoms with Crippen LogP contribution in [0.2, 0.25) is 0 Å². The van der Waals surface area contributed by atoms with E-state index in [1.807, 2.05) is 24.3 Å². The van der Waals surface area contributed by atoms with Gasteiger partial charge in [-0.1, -0.05) is 30.3 Å². The van der Waals surface area contributed by atoms with E-state index in [2.05, 4.69) is 39.1 Å². The molecule has 1 aromatic heterocycles. The van der Waals surface area contributed by atoms with Crippen molar-refractivity contribution in [3.8, 4) is 0 Å². The molecule has 150 valence electrons. The highest BCUT2D eigenvalue weighted by molar-refractivity contribution is 5.92. The van der Waals surface area contributed by atoms with Gasteiger partial charge in [-0.2, -0.15) is 0 Å². The Labute approximate surface area is 167 Å². The predicted molar refractivity (Wildman–Crippen MR) is 110 cm³/mol. The third-order valence-electron chi connectivity index (χ3n) is 4.79. The SMILES string of the molecule is CNC(=O)c1cc(CNCCC[C@@H]2NCCCO2)cc(Cc2ccccc2)n1. The van der Waals surface area contributed by atoms with Gasteiger partial charge in [-0.25, -0.2) is 4.98 Å². The normalized spacial score (nSPS) is 16.7. The van der Waals surface area contributed by atoms with Crippen molar-refractivity contribution in [2.75, 3.05) is 26.7 Å². The Morgan fingerprint density at radius 3 is 2.86 bits per heavy atom. The summed E-state index contributed by atoms with van der Waals surface area (Å²) >= 11 is 0. The largest absolute Gasteiger partial charge is 0.363 e. The molecule has 0 unspecified atom stereocenters. The molecule has 0 radical (unpaired) electrons. The zero-order chi connectivity index (χ0) is 19.6. The van der Waals surface area contributed by atoms with E-state index in [4.69, 9.17) is 4.74 Å². The number of amides is 1. The summed E-state index contributed by atoms with van der Waals surface area (Å²) in [5.74, 6) is -0.156. The molecule has 0 aliphatic carbocycles. The standard InChI is InChI=1S/C22H30N4O2/c1-23-22(27)20-15-18(14-19(26-20)13-17-7-3-2-4-8-17)16-24-10-5-9-21-25-11-6-12-28-21/h2-4,7-8,14-15,21,24-25H,5-6,9-13,16H2,1H3,(H,23,27)/t21-/m1/s1. The van der Waals surface area contributed by atoms with E-state index < -0.39 is 0 Å². The average Bonchev–Trinajstić information content (AvgIpc) is 2.74. The molecule has 28 heavy (non-hydrogen) atoms. The topological polar surface area (TPSA) is 75.3 Å². The van der Waals surface area contributed by atoms with Crippen LogP contribution in [0, 0.1) is 0 Å². The Morgan fingerprint density at radius 2 is 2.11 bits per heavy atom. The summed E-state index contributed by atoms with van der Waals surface area (Å²) in [6.45, 7) is 3.52. The minimum atomic E-state index is -0.156. The van der Waals surface area contributed by atoms with Gasteiger partial charge < -0.3 is 15.4 Å². The molecule has 2 aromatic rings. The highest BCUT2D eigenvalue weighted by Gasteiger charge is 2.12. The van der Waals surface area contributed by atoms with Gasteiger partial charge in [-0.3, -0.25) is 10.1 Å². The van der Waals surface area contributed by atoms with E-state index in [-0.39, 0.29) is 12.1 Å². The van der Waals surface area contributed by atoms with Crippen LogP contribution in [-0.2, 0) is 17.7 Å². The maximum absolute atomic E-state index is 12.1. The van der Waals surface area contributed by atoms with Crippen LogP contribution in [0.25, 0.3) is 0 Å². The van der Waals surface area contributed by atoms with Crippen LogP contribution >= 0.6 is 0 Å². The number of pyridine rings is 1. The van der Waals surface area contributed by atoms with Gasteiger partial charge in [-0.05, 0) is 55.6 Å². The predicted octanol–water partition coefficient (Wildman–Crippen LogP) is 2.24. The fraction of sp³-hybridized carbons (Fsp3) is 0.455. The van der Waals surface area contributed by atoms with Crippen molar-refractivity contribution in [3.63, 3.8) is 0 Å². The van der Waals surface area contributed by atoms with Crippen LogP contribution in [0.3, 0.4) is 0 Å². The zero-order valence-electron chi connectivity index (χ0n) is 16.5. The fourth-order valence-electron chi connectivity index (χ4n) is 3.34. The first-order valence-electron chi connectivity index (χ1n) is 10.1. The molecule has 1 fully saturated rings. The van der Waals surface area contributed by atoms with Crippen LogP contribution < -0.4 is 16.0 Å². The molecular weight excluding hydrogens is 352 g/mol. The van der Waals surface area contributed by atoms with Gasteiger partial charge in [0.25, 0.3) is 5.91 Å². The number of nitrogens with one attached hydrogen (secondary N) is 3. The first kappa shape index (κ1) is 20.5. The monoisotopic (exact) mass is 382 g/mol. The molecule has 0 saturated carbocycles. The van der Waals surface area contributed by atoms with Crippen molar-refractivity contribution in [3.05, 3.63) is 65.0 Å². The molecule has 0 bridgehead atoms. The zero-order valence-corrected chi connectivity index (χ0v) is 16.5. The molecule has 1 atom stereocenters. The Morgan fingerprint density at radius 1 is 1.25 bits per heavy atom. The second kappa shape index (κ2) is 10.9. The number of carbonyl (C=O) groups is 1. The van der Waals surface area contributed by atoms with Crippen LogP contribution in [0.15, 0.2) is 42.5 Å². The quantitative estimate of drug-likeness (QED) is 0.580. The van der Waals surface area contributed by atoms with Crippen LogP contribution in [0.4, 0.5) is 0 Å². The van der Waals surface area contributed by atoms with Crippen molar-refractivity contribution >= 4 is 5.91 Å². The molecule has 2 heterocycles. The molecule has 6 nitrogen and oxygen atoms in total. The summed E-state index contributed by atoms with van der Waals surface area (Å²) in [5, 5.41) is 9.53. The lowest BCUT2D eigenvalue weighted by Crippen LogP contribution is -2.38. The first-order chi connectivity index (χ1) is 13.7. The number of rotatable bonds is 9. The van der Waals surface area contributed by atoms with Crippen molar-refractivity contribution in [2.45, 2.75) is 38.5 Å². The number of carbonyl (C=O) groups excluding carboxylic acids is 1. The third kappa shape index (κ3) is 6.41. The van der Waals surface area contributed by atoms with Crippen molar-refractivity contribution in [2.24, 2.45) is 0 Å². The Balaban J connectivity index is 1.56. The van der Waals surface area contributed by atoms with Crippen LogP contribution in [-0.4, -0.2) is 43.9 Å². The molecule has 1 aromatic carbocycles. The maximum Gasteiger partial charge on any atom is 0.269 e. The Kier molecular flexibility index (Phi) is 7.96. The van der Waals surface area contributed by atoms with Gasteiger partial charge in [0.15, 0.2) is 0 Å². The van der Waals surface area contributed by atoms with Gasteiger partial charge in [0.1, 0.15) is 11.9 Å². The van der Waals surface area contributed by atoms with E-state index in [9.17, 15) is 4.79 Å². The van der Waals surface area contributed by atoms with Crippen molar-refractivity contribution in [1.29, 1.82) is 0 Å². The molecule has 1 aliphatic rings. The second-order valence-corrected chi connectivity index (χ2v) is 7.08. The lowest BCUT2D eigenvalue weighted by molar-refractivity contribution is -0.00463. The summed E-state index contributed by atoms with van der Waals surface area (Å²) in [6, 6.07) is 14.1. The minimum absolute atomic E-state index is 0.156. The second-order valence-electron chi connectivity index (χ2n) is 7.08. The maximum atomic E-state index is 12.1. The summed E-state index contributed by atoms with van der Waals surface area (Å²) < 4.78 is 5.68. The molecule has 1 saturated heterocycles. The van der Waals surface area contributed by atoms with E-state index in [1.54, 1.807) is 7.05 Å². The number of hydrogen-bond donors (Lipinski definition) is 3. The Bertz CT molecular complexity index is 745. The van der Waals surface area contributed by atoms with Gasteiger partial charge >= 0.3 is 0 Å². The van der Waals surface area contributed by atoms with E-state index >= 15 is 0 Å². The Hall–Kier alpha value is -2.28. The van der Waals surface area contributed by atoms with E-state index in [0.717, 1.165) is 50.2 Å². The molecule has 3 N–H and O–H groups in total. The third-order valence-corrected chi connectivity index (χ3v) is 4.79. The van der Waals surface area contributed by atoms with Gasteiger partial charge in [0, 0.05) is 32.3 Å². The van der Waals surface area contributed by atoms with Crippen molar-refractivity contribution < 1.29 is 9.53 Å². The summed E-state index contributed by atoms with van der Waals surface area (Å²) in [6.07, 6.45) is 4.04. The summed E-state index contributed by atoms with van der Waals surface area (Å²) in [7, 11) is 1.63. The number of hydrogen-bond acceptors (Lipinski definition) is 5. The van der Waals surface area contributed by atoms with Gasteiger partial charge in [0.05, 0.1) is 0 Å². The highest BCUT2D eigenvalue weighted by Crippen LogP contribution is 2.12. The number of nitrogens with zero attached hydrogens (tertiary/aromatic N) is 1. The molecule has 6 heteroatoms. The highest BCUT2D eigenvalue weighted by atomic mass is 16.5. The fourth-order valence-corrected chi connectivity index (χ4v) is 3.34. The molecule has 1 aliphatic heterocycles. The summed E-state index contributed by atoms with van der Waals surface area (Å²) in [5.41, 5.74) is 3.63. The molecular formula is C22H30N4O2.